The van der Waals surface area contributed by atoms with Gasteiger partial charge in [-0.2, -0.15) is 0 Å². The topological polar surface area (TPSA) is 124 Å². The van der Waals surface area contributed by atoms with Crippen molar-refractivity contribution in [3.05, 3.63) is 77.9 Å². The van der Waals surface area contributed by atoms with Crippen LogP contribution in [-0.4, -0.2) is 70.5 Å². The largest absolute Gasteiger partial charge is 0.478 e. The van der Waals surface area contributed by atoms with Gasteiger partial charge < -0.3 is 20.8 Å². The predicted octanol–water partition coefficient (Wildman–Crippen LogP) is 1.83. The van der Waals surface area contributed by atoms with Gasteiger partial charge in [-0.3, -0.25) is 14.5 Å². The first kappa shape index (κ1) is 24.2. The average Bonchev–Trinajstić information content (AvgIpc) is 3.22. The summed E-state index contributed by atoms with van der Waals surface area (Å²) in [7, 11) is 1.63. The highest BCUT2D eigenvalue weighted by molar-refractivity contribution is 6.13. The monoisotopic (exact) mass is 451 g/mol. The first-order valence-electron chi connectivity index (χ1n) is 10.8. The number of anilines is 1. The molecule has 2 aromatic carbocycles. The van der Waals surface area contributed by atoms with E-state index in [2.05, 4.69) is 4.90 Å². The maximum absolute atomic E-state index is 13.7. The third-order valence-electron chi connectivity index (χ3n) is 5.91. The van der Waals surface area contributed by atoms with E-state index in [4.69, 9.17) is 10.8 Å². The molecule has 1 saturated heterocycles. The van der Waals surface area contributed by atoms with E-state index in [9.17, 15) is 19.5 Å². The number of rotatable bonds is 9. The molecule has 174 valence electrons. The van der Waals surface area contributed by atoms with Gasteiger partial charge in [0.05, 0.1) is 12.1 Å². The van der Waals surface area contributed by atoms with Crippen LogP contribution in [0.4, 0.5) is 5.69 Å². The highest BCUT2D eigenvalue weighted by atomic mass is 16.4. The highest BCUT2D eigenvalue weighted by Crippen LogP contribution is 2.30. The van der Waals surface area contributed by atoms with Crippen molar-refractivity contribution in [1.29, 1.82) is 0 Å². The number of hydrogen-bond donors (Lipinski definition) is 3. The Balaban J connectivity index is 1.96. The van der Waals surface area contributed by atoms with Crippen LogP contribution < -0.4 is 5.73 Å². The molecule has 2 aromatic rings. The Morgan fingerprint density at radius 2 is 1.79 bits per heavy atom. The number of carbonyl (C=O) groups is 3. The highest BCUT2D eigenvalue weighted by Gasteiger charge is 2.35. The number of ketones is 1. The van der Waals surface area contributed by atoms with E-state index in [-0.39, 0.29) is 11.7 Å². The number of allylic oxidation sites excluding steroid dienone is 1. The van der Waals surface area contributed by atoms with Crippen molar-refractivity contribution < 1.29 is 24.6 Å². The van der Waals surface area contributed by atoms with Crippen molar-refractivity contribution in [2.24, 2.45) is 0 Å². The van der Waals surface area contributed by atoms with Crippen LogP contribution in [0.5, 0.6) is 0 Å². The van der Waals surface area contributed by atoms with Gasteiger partial charge in [0.1, 0.15) is 5.92 Å². The lowest BCUT2D eigenvalue weighted by molar-refractivity contribution is -0.138. The SMILES string of the molecule is CN(C(=O)C(C(=O)/C=C/C(=O)O)c1ccccc1N)[C@H](CN1CC[C@H](O)C1)c1ccccc1. The normalized spacial score (nSPS) is 18.2. The fraction of sp³-hybridized carbons (Fsp3) is 0.320. The molecule has 1 fully saturated rings. The van der Waals surface area contributed by atoms with E-state index in [1.54, 1.807) is 31.3 Å². The quantitative estimate of drug-likeness (QED) is 0.302. The number of para-hydroxylation sites is 1. The zero-order chi connectivity index (χ0) is 24.0. The Morgan fingerprint density at radius 1 is 1.12 bits per heavy atom. The van der Waals surface area contributed by atoms with Crippen molar-refractivity contribution in [3.8, 4) is 0 Å². The number of benzene rings is 2. The van der Waals surface area contributed by atoms with Crippen molar-refractivity contribution in [2.75, 3.05) is 32.4 Å². The Kier molecular flexibility index (Phi) is 7.97. The predicted molar refractivity (Wildman–Crippen MR) is 124 cm³/mol. The zero-order valence-corrected chi connectivity index (χ0v) is 18.5. The van der Waals surface area contributed by atoms with Crippen molar-refractivity contribution in [3.63, 3.8) is 0 Å². The number of aliphatic carboxylic acids is 1. The van der Waals surface area contributed by atoms with Gasteiger partial charge in [-0.1, -0.05) is 48.5 Å². The lowest BCUT2D eigenvalue weighted by Crippen LogP contribution is -2.42. The summed E-state index contributed by atoms with van der Waals surface area (Å²) in [5.41, 5.74) is 7.59. The van der Waals surface area contributed by atoms with E-state index in [1.807, 2.05) is 30.3 Å². The standard InChI is InChI=1S/C25H29N3O5/c1-27(21(17-7-3-2-4-8-17)16-28-14-13-18(29)15-28)25(33)24(22(30)11-12-23(31)32)19-9-5-6-10-20(19)26/h2-12,18,21,24,29H,13-16,26H2,1H3,(H,31,32)/b12-11+/t18-,21+,24?/m0/s1. The van der Waals surface area contributed by atoms with Crippen LogP contribution >= 0.6 is 0 Å². The summed E-state index contributed by atoms with van der Waals surface area (Å²) < 4.78 is 0. The number of hydrogen-bond acceptors (Lipinski definition) is 6. The number of nitrogen functional groups attached to an aromatic ring is 1. The second kappa shape index (κ2) is 10.9. The molecule has 8 nitrogen and oxygen atoms in total. The van der Waals surface area contributed by atoms with E-state index in [0.29, 0.717) is 31.6 Å². The summed E-state index contributed by atoms with van der Waals surface area (Å²) in [5.74, 6) is -3.70. The van der Waals surface area contributed by atoms with E-state index < -0.39 is 29.7 Å². The third-order valence-corrected chi connectivity index (χ3v) is 5.91. The van der Waals surface area contributed by atoms with Gasteiger partial charge in [0, 0.05) is 38.4 Å². The minimum Gasteiger partial charge on any atom is -0.478 e. The van der Waals surface area contributed by atoms with E-state index >= 15 is 0 Å². The Hall–Kier alpha value is -3.49. The fourth-order valence-electron chi connectivity index (χ4n) is 4.14. The van der Waals surface area contributed by atoms with Crippen molar-refractivity contribution in [1.82, 2.24) is 9.80 Å². The second-order valence-electron chi connectivity index (χ2n) is 8.21. The van der Waals surface area contributed by atoms with Crippen LogP contribution in [0.1, 0.15) is 29.5 Å². The molecule has 3 atom stereocenters. The first-order valence-corrected chi connectivity index (χ1v) is 10.8. The first-order chi connectivity index (χ1) is 15.8. The van der Waals surface area contributed by atoms with Gasteiger partial charge in [-0.25, -0.2) is 4.79 Å². The number of likely N-dealkylation sites (N-methyl/N-ethyl adjacent to an activating group) is 1. The number of aliphatic hydroxyl groups is 1. The molecule has 8 heteroatoms. The molecule has 1 heterocycles. The molecule has 4 N–H and O–H groups in total. The lowest BCUT2D eigenvalue weighted by Gasteiger charge is -2.34. The molecule has 33 heavy (non-hydrogen) atoms. The van der Waals surface area contributed by atoms with Crippen LogP contribution in [0.25, 0.3) is 0 Å². The molecule has 0 aliphatic carbocycles. The molecule has 1 unspecified atom stereocenters. The summed E-state index contributed by atoms with van der Waals surface area (Å²) in [6.45, 7) is 1.71. The number of nitrogens with zero attached hydrogens (tertiary/aromatic N) is 2. The Labute approximate surface area is 192 Å². The third kappa shape index (κ3) is 6.06. The van der Waals surface area contributed by atoms with Gasteiger partial charge in [0.2, 0.25) is 5.91 Å². The molecular weight excluding hydrogens is 422 g/mol. The molecule has 1 aliphatic rings. The van der Waals surface area contributed by atoms with Crippen LogP contribution in [0.3, 0.4) is 0 Å². The summed E-state index contributed by atoms with van der Waals surface area (Å²) in [6, 6.07) is 15.7. The number of amides is 1. The van der Waals surface area contributed by atoms with Gasteiger partial charge in [0.25, 0.3) is 0 Å². The number of nitrogens with two attached hydrogens (primary N) is 1. The van der Waals surface area contributed by atoms with Crippen LogP contribution in [0.15, 0.2) is 66.7 Å². The van der Waals surface area contributed by atoms with E-state index in [0.717, 1.165) is 17.7 Å². The minimum absolute atomic E-state index is 0.278. The summed E-state index contributed by atoms with van der Waals surface area (Å²) >= 11 is 0. The van der Waals surface area contributed by atoms with Crippen molar-refractivity contribution in [2.45, 2.75) is 24.5 Å². The molecule has 1 amide bonds. The molecule has 0 spiro atoms. The maximum atomic E-state index is 13.7. The number of β-amino-alcohol motifs (C(OH)–C–C–N with tert-alkyl or cyclic N) is 1. The minimum atomic E-state index is -1.28. The van der Waals surface area contributed by atoms with Gasteiger partial charge in [-0.05, 0) is 29.7 Å². The molecule has 0 saturated carbocycles. The molecule has 0 radical (unpaired) electrons. The number of carboxylic acids is 1. The number of carboxylic acid groups (broad SMARTS) is 1. The van der Waals surface area contributed by atoms with Crippen molar-refractivity contribution >= 4 is 23.3 Å². The van der Waals surface area contributed by atoms with Crippen LogP contribution in [0.2, 0.25) is 0 Å². The summed E-state index contributed by atoms with van der Waals surface area (Å²) in [6.07, 6.45) is 1.89. The Bertz CT molecular complexity index is 1020. The lowest BCUT2D eigenvalue weighted by atomic mass is 9.90. The average molecular weight is 452 g/mol. The van der Waals surface area contributed by atoms with Gasteiger partial charge in [-0.15, -0.1) is 0 Å². The van der Waals surface area contributed by atoms with Gasteiger partial charge >= 0.3 is 5.97 Å². The summed E-state index contributed by atoms with van der Waals surface area (Å²) in [5, 5.41) is 18.9. The smallest absolute Gasteiger partial charge is 0.328 e. The maximum Gasteiger partial charge on any atom is 0.328 e. The second-order valence-corrected chi connectivity index (χ2v) is 8.21. The zero-order valence-electron chi connectivity index (χ0n) is 18.5. The molecule has 0 aromatic heterocycles. The molecule has 1 aliphatic heterocycles. The number of aliphatic hydroxyl groups excluding tert-OH is 1. The Morgan fingerprint density at radius 3 is 2.39 bits per heavy atom. The summed E-state index contributed by atoms with van der Waals surface area (Å²) in [4.78, 5) is 41.3. The number of carbonyl (C=O) groups excluding carboxylic acids is 2. The van der Waals surface area contributed by atoms with E-state index in [1.165, 1.54) is 4.90 Å². The molecular formula is C25H29N3O5. The molecule has 3 rings (SSSR count). The van der Waals surface area contributed by atoms with Crippen LogP contribution in [0, 0.1) is 0 Å². The van der Waals surface area contributed by atoms with Crippen LogP contribution in [-0.2, 0) is 14.4 Å². The van der Waals surface area contributed by atoms with Gasteiger partial charge in [0.15, 0.2) is 5.78 Å². The fourth-order valence-corrected chi connectivity index (χ4v) is 4.14. The molecule has 0 bridgehead atoms. The number of likely N-dealkylation sites (tertiary alicyclic amines) is 1.